The topological polar surface area (TPSA) is 58.6 Å². The Labute approximate surface area is 130 Å². The van der Waals surface area contributed by atoms with Crippen LogP contribution >= 0.6 is 23.2 Å². The van der Waals surface area contributed by atoms with E-state index >= 15 is 0 Å². The van der Waals surface area contributed by atoms with Crippen LogP contribution in [0, 0.1) is 0 Å². The molecule has 0 amide bonds. The predicted octanol–water partition coefficient (Wildman–Crippen LogP) is 3.68. The Morgan fingerprint density at radius 1 is 1.35 bits per heavy atom. The minimum Gasteiger partial charge on any atom is -0.262 e. The van der Waals surface area contributed by atoms with Crippen molar-refractivity contribution in [3.63, 3.8) is 0 Å². The summed E-state index contributed by atoms with van der Waals surface area (Å²) in [5, 5.41) is 7.67. The van der Waals surface area contributed by atoms with Crippen molar-refractivity contribution < 1.29 is 4.21 Å². The van der Waals surface area contributed by atoms with Crippen LogP contribution in [0.25, 0.3) is 0 Å². The van der Waals surface area contributed by atoms with Crippen LogP contribution in [0.5, 0.6) is 0 Å². The summed E-state index contributed by atoms with van der Waals surface area (Å²) in [4.78, 5) is 4.27. The average molecular weight is 332 g/mol. The van der Waals surface area contributed by atoms with Gasteiger partial charge in [-0.05, 0) is 24.6 Å². The quantitative estimate of drug-likeness (QED) is 0.908. The SMILES string of the molecule is CCc1n[nH]c(CS(=O)C(C)c2ccc(Cl)c(Cl)c2)n1. The summed E-state index contributed by atoms with van der Waals surface area (Å²) in [6.07, 6.45) is 0.755. The van der Waals surface area contributed by atoms with Crippen molar-refractivity contribution in [2.24, 2.45) is 0 Å². The number of H-pyrrole nitrogens is 1. The number of rotatable bonds is 5. The molecule has 1 aromatic heterocycles. The van der Waals surface area contributed by atoms with Gasteiger partial charge >= 0.3 is 0 Å². The van der Waals surface area contributed by atoms with E-state index in [2.05, 4.69) is 15.2 Å². The second kappa shape index (κ2) is 6.70. The standard InChI is InChI=1S/C13H15Cl2N3OS/c1-3-12-16-13(18-17-12)7-20(19)8(2)9-4-5-10(14)11(15)6-9/h4-6,8H,3,7H2,1-2H3,(H,16,17,18). The van der Waals surface area contributed by atoms with Gasteiger partial charge in [0.05, 0.1) is 21.0 Å². The lowest BCUT2D eigenvalue weighted by molar-refractivity contribution is 0.674. The molecule has 0 aliphatic carbocycles. The molecule has 2 atom stereocenters. The van der Waals surface area contributed by atoms with E-state index < -0.39 is 10.8 Å². The van der Waals surface area contributed by atoms with E-state index in [1.165, 1.54) is 0 Å². The molecule has 0 radical (unpaired) electrons. The molecule has 2 rings (SSSR count). The molecular weight excluding hydrogens is 317 g/mol. The first kappa shape index (κ1) is 15.5. The van der Waals surface area contributed by atoms with Crippen LogP contribution in [0.2, 0.25) is 10.0 Å². The number of halogens is 2. The number of aromatic nitrogens is 3. The molecule has 0 saturated heterocycles. The fourth-order valence-corrected chi connectivity index (χ4v) is 3.14. The third-order valence-electron chi connectivity index (χ3n) is 2.98. The first-order valence-electron chi connectivity index (χ1n) is 6.23. The van der Waals surface area contributed by atoms with Crippen molar-refractivity contribution in [1.29, 1.82) is 0 Å². The van der Waals surface area contributed by atoms with E-state index in [9.17, 15) is 4.21 Å². The van der Waals surface area contributed by atoms with Gasteiger partial charge in [0.15, 0.2) is 0 Å². The highest BCUT2D eigenvalue weighted by molar-refractivity contribution is 7.84. The first-order valence-corrected chi connectivity index (χ1v) is 8.37. The Kier molecular flexibility index (Phi) is 5.18. The predicted molar refractivity (Wildman–Crippen MR) is 82.5 cm³/mol. The van der Waals surface area contributed by atoms with Crippen molar-refractivity contribution in [3.8, 4) is 0 Å². The van der Waals surface area contributed by atoms with Gasteiger partial charge in [-0.2, -0.15) is 5.10 Å². The maximum absolute atomic E-state index is 12.4. The van der Waals surface area contributed by atoms with Crippen LogP contribution < -0.4 is 0 Å². The highest BCUT2D eigenvalue weighted by atomic mass is 35.5. The van der Waals surface area contributed by atoms with Crippen molar-refractivity contribution in [2.45, 2.75) is 31.3 Å². The third kappa shape index (κ3) is 3.59. The average Bonchev–Trinajstić information content (AvgIpc) is 2.88. The van der Waals surface area contributed by atoms with Crippen molar-refractivity contribution >= 4 is 34.0 Å². The van der Waals surface area contributed by atoms with Gasteiger partial charge in [-0.3, -0.25) is 9.31 Å². The molecule has 0 bridgehead atoms. The van der Waals surface area contributed by atoms with Crippen LogP contribution in [0.15, 0.2) is 18.2 Å². The van der Waals surface area contributed by atoms with Crippen molar-refractivity contribution in [3.05, 3.63) is 45.5 Å². The van der Waals surface area contributed by atoms with Gasteiger partial charge in [-0.25, -0.2) is 4.98 Å². The summed E-state index contributed by atoms with van der Waals surface area (Å²) in [6, 6.07) is 5.31. The molecule has 2 unspecified atom stereocenters. The minimum absolute atomic E-state index is 0.153. The maximum Gasteiger partial charge on any atom is 0.150 e. The minimum atomic E-state index is -1.11. The van der Waals surface area contributed by atoms with Crippen molar-refractivity contribution in [2.75, 3.05) is 0 Å². The molecule has 1 aromatic carbocycles. The number of hydrogen-bond donors (Lipinski definition) is 1. The Balaban J connectivity index is 2.09. The summed E-state index contributed by atoms with van der Waals surface area (Å²) < 4.78 is 12.4. The van der Waals surface area contributed by atoms with Crippen LogP contribution in [-0.2, 0) is 23.0 Å². The van der Waals surface area contributed by atoms with Crippen LogP contribution in [0.1, 0.15) is 36.3 Å². The lowest BCUT2D eigenvalue weighted by Gasteiger charge is -2.11. The van der Waals surface area contributed by atoms with Gasteiger partial charge in [0.25, 0.3) is 0 Å². The number of benzene rings is 1. The van der Waals surface area contributed by atoms with Gasteiger partial charge in [0.2, 0.25) is 0 Å². The molecule has 1 N–H and O–H groups in total. The van der Waals surface area contributed by atoms with Gasteiger partial charge in [-0.1, -0.05) is 36.2 Å². The fraction of sp³-hybridized carbons (Fsp3) is 0.385. The molecule has 0 aliphatic rings. The van der Waals surface area contributed by atoms with Crippen LogP contribution in [-0.4, -0.2) is 19.4 Å². The van der Waals surface area contributed by atoms with Gasteiger partial charge < -0.3 is 0 Å². The zero-order chi connectivity index (χ0) is 14.7. The van der Waals surface area contributed by atoms with Gasteiger partial charge in [0.1, 0.15) is 11.6 Å². The second-order valence-corrected chi connectivity index (χ2v) is 6.96. The molecule has 0 saturated carbocycles. The molecule has 108 valence electrons. The number of nitrogens with zero attached hydrogens (tertiary/aromatic N) is 2. The molecule has 0 fully saturated rings. The molecule has 1 heterocycles. The zero-order valence-electron chi connectivity index (χ0n) is 11.2. The first-order chi connectivity index (χ1) is 9.51. The normalized spacial score (nSPS) is 14.2. The number of aryl methyl sites for hydroxylation is 1. The summed E-state index contributed by atoms with van der Waals surface area (Å²) >= 11 is 11.9. The largest absolute Gasteiger partial charge is 0.262 e. The second-order valence-electron chi connectivity index (χ2n) is 4.39. The summed E-state index contributed by atoms with van der Waals surface area (Å²) in [5.74, 6) is 1.72. The zero-order valence-corrected chi connectivity index (χ0v) is 13.5. The van der Waals surface area contributed by atoms with Crippen LogP contribution in [0.3, 0.4) is 0 Å². The number of aromatic amines is 1. The Morgan fingerprint density at radius 2 is 2.10 bits per heavy atom. The number of nitrogens with one attached hydrogen (secondary N) is 1. The summed E-state index contributed by atoms with van der Waals surface area (Å²) in [7, 11) is -1.11. The highest BCUT2D eigenvalue weighted by Gasteiger charge is 2.17. The molecular formula is C13H15Cl2N3OS. The molecule has 0 aliphatic heterocycles. The smallest absolute Gasteiger partial charge is 0.150 e. The van der Waals surface area contributed by atoms with E-state index in [1.54, 1.807) is 12.1 Å². The lowest BCUT2D eigenvalue weighted by atomic mass is 10.2. The Morgan fingerprint density at radius 3 is 2.70 bits per heavy atom. The van der Waals surface area contributed by atoms with Gasteiger partial charge in [0, 0.05) is 17.2 Å². The van der Waals surface area contributed by atoms with Gasteiger partial charge in [-0.15, -0.1) is 0 Å². The fourth-order valence-electron chi connectivity index (χ4n) is 1.73. The van der Waals surface area contributed by atoms with E-state index in [4.69, 9.17) is 23.2 Å². The monoisotopic (exact) mass is 331 g/mol. The van der Waals surface area contributed by atoms with Crippen molar-refractivity contribution in [1.82, 2.24) is 15.2 Å². The van der Waals surface area contributed by atoms with Crippen LogP contribution in [0.4, 0.5) is 0 Å². The van der Waals surface area contributed by atoms with E-state index in [-0.39, 0.29) is 5.25 Å². The maximum atomic E-state index is 12.4. The summed E-state index contributed by atoms with van der Waals surface area (Å²) in [5.41, 5.74) is 0.896. The molecule has 20 heavy (non-hydrogen) atoms. The lowest BCUT2D eigenvalue weighted by Crippen LogP contribution is -2.06. The molecule has 4 nitrogen and oxygen atoms in total. The van der Waals surface area contributed by atoms with E-state index in [0.29, 0.717) is 21.6 Å². The molecule has 7 heteroatoms. The molecule has 0 spiro atoms. The summed E-state index contributed by atoms with van der Waals surface area (Å²) in [6.45, 7) is 3.87. The van der Waals surface area contributed by atoms with E-state index in [1.807, 2.05) is 19.9 Å². The Bertz CT molecular complexity index is 630. The number of hydrogen-bond acceptors (Lipinski definition) is 3. The Hall–Kier alpha value is -0.910. The van der Waals surface area contributed by atoms with E-state index in [0.717, 1.165) is 17.8 Å². The molecule has 2 aromatic rings. The third-order valence-corrected chi connectivity index (χ3v) is 5.34. The highest BCUT2D eigenvalue weighted by Crippen LogP contribution is 2.28.